The first-order valence-corrected chi connectivity index (χ1v) is 5.91. The highest BCUT2D eigenvalue weighted by Crippen LogP contribution is 2.09. The molecular weight excluding hydrogens is 260 g/mol. The summed E-state index contributed by atoms with van der Waals surface area (Å²) in [5.41, 5.74) is 0.179. The summed E-state index contributed by atoms with van der Waals surface area (Å²) in [6, 6.07) is 14.6. The van der Waals surface area contributed by atoms with Crippen LogP contribution in [-0.2, 0) is 0 Å². The second kappa shape index (κ2) is 7.81. The number of aliphatic hydroxyl groups is 1. The first kappa shape index (κ1) is 15.5. The Kier molecular flexibility index (Phi) is 6.06. The third-order valence-corrected chi connectivity index (χ3v) is 2.16. The molecule has 5 heteroatoms. The van der Waals surface area contributed by atoms with E-state index in [1.807, 2.05) is 18.2 Å². The SMILES string of the molecule is CC(O)Oc1ccccc1.O=C(O)c1ccc(O)cc1. The standard InChI is InChI=1S/C8H10O2.C7H6O3/c1-7(9)10-8-5-3-2-4-6-8;8-6-3-1-5(2-4-6)7(9)10/h2-7,9H,1H3;1-4,8H,(H,9,10). The lowest BCUT2D eigenvalue weighted by molar-refractivity contribution is -0.000297. The van der Waals surface area contributed by atoms with E-state index in [2.05, 4.69) is 0 Å². The zero-order valence-corrected chi connectivity index (χ0v) is 10.9. The van der Waals surface area contributed by atoms with Gasteiger partial charge in [-0.15, -0.1) is 0 Å². The third kappa shape index (κ3) is 5.88. The Balaban J connectivity index is 0.000000200. The number of phenolic OH excluding ortho intramolecular Hbond substituents is 1. The van der Waals surface area contributed by atoms with E-state index < -0.39 is 12.3 Å². The zero-order chi connectivity index (χ0) is 15.0. The Labute approximate surface area is 116 Å². The maximum Gasteiger partial charge on any atom is 0.335 e. The average Bonchev–Trinajstić information content (AvgIpc) is 2.40. The number of hydrogen-bond donors (Lipinski definition) is 3. The first-order valence-electron chi connectivity index (χ1n) is 5.91. The fourth-order valence-electron chi connectivity index (χ4n) is 1.30. The van der Waals surface area contributed by atoms with Crippen molar-refractivity contribution in [1.29, 1.82) is 0 Å². The van der Waals surface area contributed by atoms with Gasteiger partial charge in [-0.25, -0.2) is 4.79 Å². The van der Waals surface area contributed by atoms with Gasteiger partial charge in [-0.05, 0) is 43.3 Å². The van der Waals surface area contributed by atoms with Crippen molar-refractivity contribution >= 4 is 5.97 Å². The van der Waals surface area contributed by atoms with Crippen molar-refractivity contribution in [3.63, 3.8) is 0 Å². The number of para-hydroxylation sites is 1. The van der Waals surface area contributed by atoms with Gasteiger partial charge in [-0.3, -0.25) is 0 Å². The fraction of sp³-hybridized carbons (Fsp3) is 0.133. The van der Waals surface area contributed by atoms with Crippen LogP contribution in [0.2, 0.25) is 0 Å². The molecular formula is C15H16O5. The highest BCUT2D eigenvalue weighted by atomic mass is 16.6. The molecule has 0 aliphatic carbocycles. The molecule has 0 spiro atoms. The van der Waals surface area contributed by atoms with Gasteiger partial charge in [-0.2, -0.15) is 0 Å². The van der Waals surface area contributed by atoms with Crippen LogP contribution in [0.3, 0.4) is 0 Å². The van der Waals surface area contributed by atoms with Gasteiger partial charge >= 0.3 is 5.97 Å². The Hall–Kier alpha value is -2.53. The van der Waals surface area contributed by atoms with E-state index in [1.54, 1.807) is 19.1 Å². The summed E-state index contributed by atoms with van der Waals surface area (Å²) in [7, 11) is 0. The number of carboxylic acids is 1. The molecule has 0 aromatic heterocycles. The van der Waals surface area contributed by atoms with Crippen LogP contribution in [0.25, 0.3) is 0 Å². The molecule has 5 nitrogen and oxygen atoms in total. The van der Waals surface area contributed by atoms with Crippen molar-refractivity contribution < 1.29 is 24.9 Å². The van der Waals surface area contributed by atoms with E-state index >= 15 is 0 Å². The Morgan fingerprint density at radius 1 is 1.05 bits per heavy atom. The predicted molar refractivity (Wildman–Crippen MR) is 73.8 cm³/mol. The molecule has 106 valence electrons. The minimum absolute atomic E-state index is 0.0741. The van der Waals surface area contributed by atoms with Crippen LogP contribution in [0.5, 0.6) is 11.5 Å². The molecule has 20 heavy (non-hydrogen) atoms. The molecule has 0 aliphatic heterocycles. The van der Waals surface area contributed by atoms with E-state index in [-0.39, 0.29) is 11.3 Å². The van der Waals surface area contributed by atoms with Crippen LogP contribution < -0.4 is 4.74 Å². The molecule has 0 aliphatic rings. The normalized spacial score (nSPS) is 10.9. The van der Waals surface area contributed by atoms with Gasteiger partial charge in [0.1, 0.15) is 11.5 Å². The molecule has 0 bridgehead atoms. The molecule has 2 rings (SSSR count). The Morgan fingerprint density at radius 3 is 2.05 bits per heavy atom. The number of carboxylic acid groups (broad SMARTS) is 1. The molecule has 2 aromatic carbocycles. The molecule has 0 amide bonds. The van der Waals surface area contributed by atoms with E-state index in [0.29, 0.717) is 5.75 Å². The van der Waals surface area contributed by atoms with Crippen molar-refractivity contribution in [1.82, 2.24) is 0 Å². The summed E-state index contributed by atoms with van der Waals surface area (Å²) in [6.45, 7) is 1.58. The van der Waals surface area contributed by atoms with Crippen LogP contribution >= 0.6 is 0 Å². The maximum absolute atomic E-state index is 10.2. The largest absolute Gasteiger partial charge is 0.508 e. The topological polar surface area (TPSA) is 87.0 Å². The smallest absolute Gasteiger partial charge is 0.335 e. The minimum atomic E-state index is -0.986. The molecule has 2 aromatic rings. The lowest BCUT2D eigenvalue weighted by Gasteiger charge is -2.06. The number of aromatic carboxylic acids is 1. The van der Waals surface area contributed by atoms with Crippen molar-refractivity contribution in [2.75, 3.05) is 0 Å². The number of rotatable bonds is 3. The van der Waals surface area contributed by atoms with Crippen molar-refractivity contribution in [2.24, 2.45) is 0 Å². The lowest BCUT2D eigenvalue weighted by Crippen LogP contribution is -2.08. The maximum atomic E-state index is 10.2. The van der Waals surface area contributed by atoms with E-state index in [1.165, 1.54) is 24.3 Å². The highest BCUT2D eigenvalue weighted by molar-refractivity contribution is 5.87. The Morgan fingerprint density at radius 2 is 1.60 bits per heavy atom. The van der Waals surface area contributed by atoms with Gasteiger partial charge < -0.3 is 20.1 Å². The van der Waals surface area contributed by atoms with Gasteiger partial charge in [0, 0.05) is 0 Å². The third-order valence-electron chi connectivity index (χ3n) is 2.16. The van der Waals surface area contributed by atoms with Crippen molar-refractivity contribution in [3.05, 3.63) is 60.2 Å². The highest BCUT2D eigenvalue weighted by Gasteiger charge is 1.99. The van der Waals surface area contributed by atoms with Crippen LogP contribution in [0.1, 0.15) is 17.3 Å². The number of phenols is 1. The number of benzene rings is 2. The number of hydrogen-bond acceptors (Lipinski definition) is 4. The molecule has 0 fully saturated rings. The predicted octanol–water partition coefficient (Wildman–Crippen LogP) is 2.49. The monoisotopic (exact) mass is 276 g/mol. The lowest BCUT2D eigenvalue weighted by atomic mass is 10.2. The van der Waals surface area contributed by atoms with Gasteiger partial charge in [0.05, 0.1) is 5.56 Å². The second-order valence-electron chi connectivity index (χ2n) is 3.88. The summed E-state index contributed by atoms with van der Waals surface area (Å²) in [6.07, 6.45) is -0.734. The van der Waals surface area contributed by atoms with Gasteiger partial charge in [0.2, 0.25) is 0 Å². The summed E-state index contributed by atoms with van der Waals surface area (Å²) < 4.78 is 4.97. The summed E-state index contributed by atoms with van der Waals surface area (Å²) in [4.78, 5) is 10.2. The average molecular weight is 276 g/mol. The minimum Gasteiger partial charge on any atom is -0.508 e. The number of ether oxygens (including phenoxy) is 1. The molecule has 1 unspecified atom stereocenters. The molecule has 3 N–H and O–H groups in total. The van der Waals surface area contributed by atoms with E-state index in [4.69, 9.17) is 20.1 Å². The molecule has 0 heterocycles. The van der Waals surface area contributed by atoms with Crippen molar-refractivity contribution in [2.45, 2.75) is 13.2 Å². The van der Waals surface area contributed by atoms with E-state index in [0.717, 1.165) is 0 Å². The molecule has 1 atom stereocenters. The summed E-state index contributed by atoms with van der Waals surface area (Å²) in [5, 5.41) is 25.9. The number of aromatic hydroxyl groups is 1. The number of carbonyl (C=O) groups is 1. The zero-order valence-electron chi connectivity index (χ0n) is 10.9. The quantitative estimate of drug-likeness (QED) is 0.750. The van der Waals surface area contributed by atoms with Gasteiger partial charge in [-0.1, -0.05) is 18.2 Å². The van der Waals surface area contributed by atoms with Crippen LogP contribution in [0.15, 0.2) is 54.6 Å². The molecule has 0 radical (unpaired) electrons. The van der Waals surface area contributed by atoms with E-state index in [9.17, 15) is 4.79 Å². The van der Waals surface area contributed by atoms with Crippen LogP contribution in [-0.4, -0.2) is 27.6 Å². The van der Waals surface area contributed by atoms with Crippen molar-refractivity contribution in [3.8, 4) is 11.5 Å². The Bertz CT molecular complexity index is 520. The van der Waals surface area contributed by atoms with Crippen LogP contribution in [0, 0.1) is 0 Å². The second-order valence-corrected chi connectivity index (χ2v) is 3.88. The summed E-state index contributed by atoms with van der Waals surface area (Å²) >= 11 is 0. The van der Waals surface area contributed by atoms with Gasteiger partial charge in [0.25, 0.3) is 0 Å². The van der Waals surface area contributed by atoms with Crippen LogP contribution in [0.4, 0.5) is 0 Å². The molecule has 0 saturated carbocycles. The fourth-order valence-corrected chi connectivity index (χ4v) is 1.30. The first-order chi connectivity index (χ1) is 9.49. The molecule has 0 saturated heterocycles. The summed E-state index contributed by atoms with van der Waals surface area (Å²) in [5.74, 6) is -0.220. The number of aliphatic hydroxyl groups excluding tert-OH is 1. The van der Waals surface area contributed by atoms with Gasteiger partial charge in [0.15, 0.2) is 6.29 Å².